The lowest BCUT2D eigenvalue weighted by Crippen LogP contribution is -2.30. The van der Waals surface area contributed by atoms with Gasteiger partial charge in [0.15, 0.2) is 11.5 Å². The van der Waals surface area contributed by atoms with E-state index in [-0.39, 0.29) is 12.3 Å². The van der Waals surface area contributed by atoms with Crippen molar-refractivity contribution in [2.75, 3.05) is 25.5 Å². The van der Waals surface area contributed by atoms with E-state index in [2.05, 4.69) is 4.72 Å². The van der Waals surface area contributed by atoms with Crippen LogP contribution in [0.4, 0.5) is 0 Å². The Kier molecular flexibility index (Phi) is 5.91. The van der Waals surface area contributed by atoms with Gasteiger partial charge in [-0.2, -0.15) is 0 Å². The Labute approximate surface area is 135 Å². The number of sulfonamides is 1. The molecule has 0 amide bonds. The molecule has 1 aliphatic rings. The van der Waals surface area contributed by atoms with Crippen LogP contribution in [0.2, 0.25) is 5.02 Å². The van der Waals surface area contributed by atoms with Gasteiger partial charge in [-0.25, -0.2) is 13.1 Å². The summed E-state index contributed by atoms with van der Waals surface area (Å²) in [7, 11) is -3.37. The zero-order chi connectivity index (χ0) is 16.2. The van der Waals surface area contributed by atoms with Crippen molar-refractivity contribution in [1.29, 1.82) is 0 Å². The molecule has 0 radical (unpaired) electrons. The third kappa shape index (κ3) is 4.49. The minimum atomic E-state index is -3.37. The summed E-state index contributed by atoms with van der Waals surface area (Å²) in [6.45, 7) is 2.64. The predicted molar refractivity (Wildman–Crippen MR) is 84.1 cm³/mol. The summed E-state index contributed by atoms with van der Waals surface area (Å²) in [4.78, 5) is 0. The van der Waals surface area contributed by atoms with Gasteiger partial charge in [-0.15, -0.1) is 0 Å². The summed E-state index contributed by atoms with van der Waals surface area (Å²) >= 11 is 6.10. The summed E-state index contributed by atoms with van der Waals surface area (Å²) in [5.41, 5.74) is 0.479. The van der Waals surface area contributed by atoms with Gasteiger partial charge < -0.3 is 14.6 Å². The van der Waals surface area contributed by atoms with E-state index in [1.807, 2.05) is 6.92 Å². The van der Waals surface area contributed by atoms with Crippen molar-refractivity contribution in [3.05, 3.63) is 22.7 Å². The van der Waals surface area contributed by atoms with Crippen LogP contribution in [-0.4, -0.2) is 39.0 Å². The Morgan fingerprint density at radius 3 is 2.82 bits per heavy atom. The average molecular weight is 350 g/mol. The molecule has 2 rings (SSSR count). The molecule has 0 bridgehead atoms. The molecule has 1 aromatic rings. The average Bonchev–Trinajstić information content (AvgIpc) is 2.51. The molecular weight excluding hydrogens is 330 g/mol. The second-order valence-electron chi connectivity index (χ2n) is 5.06. The van der Waals surface area contributed by atoms with E-state index in [9.17, 15) is 13.5 Å². The number of benzene rings is 1. The molecule has 22 heavy (non-hydrogen) atoms. The first kappa shape index (κ1) is 17.3. The van der Waals surface area contributed by atoms with E-state index in [1.165, 1.54) is 0 Å². The maximum Gasteiger partial charge on any atom is 0.211 e. The van der Waals surface area contributed by atoms with Crippen LogP contribution in [0.15, 0.2) is 12.1 Å². The van der Waals surface area contributed by atoms with Crippen molar-refractivity contribution in [3.63, 3.8) is 0 Å². The van der Waals surface area contributed by atoms with Crippen LogP contribution in [0.5, 0.6) is 11.5 Å². The maximum atomic E-state index is 11.7. The molecular formula is C14H20ClNO5S. The van der Waals surface area contributed by atoms with Gasteiger partial charge in [-0.05, 0) is 24.1 Å². The highest BCUT2D eigenvalue weighted by Gasteiger charge is 2.20. The van der Waals surface area contributed by atoms with E-state index in [0.29, 0.717) is 41.7 Å². The van der Waals surface area contributed by atoms with Gasteiger partial charge in [0, 0.05) is 6.54 Å². The van der Waals surface area contributed by atoms with Gasteiger partial charge in [-0.1, -0.05) is 24.9 Å². The number of halogens is 1. The number of unbranched alkanes of at least 4 members (excludes halogenated alkanes) is 1. The lowest BCUT2D eigenvalue weighted by atomic mass is 10.1. The number of hydrogen-bond acceptors (Lipinski definition) is 5. The molecule has 0 unspecified atom stereocenters. The summed E-state index contributed by atoms with van der Waals surface area (Å²) in [6, 6.07) is 3.17. The van der Waals surface area contributed by atoms with Crippen molar-refractivity contribution < 1.29 is 23.0 Å². The fourth-order valence-electron chi connectivity index (χ4n) is 2.05. The molecule has 6 nitrogen and oxygen atoms in total. The second kappa shape index (κ2) is 7.50. The maximum absolute atomic E-state index is 11.7. The van der Waals surface area contributed by atoms with Gasteiger partial charge in [0.2, 0.25) is 10.0 Å². The highest BCUT2D eigenvalue weighted by atomic mass is 35.5. The SMILES string of the molecule is CCCCS(=O)(=O)NC[C@H](O)c1cc(Cl)c2c(c1)OCCO2. The van der Waals surface area contributed by atoms with Crippen molar-refractivity contribution in [1.82, 2.24) is 4.72 Å². The summed E-state index contributed by atoms with van der Waals surface area (Å²) in [6.07, 6.45) is 0.368. The zero-order valence-corrected chi connectivity index (χ0v) is 13.9. The van der Waals surface area contributed by atoms with Crippen LogP contribution >= 0.6 is 11.6 Å². The molecule has 0 saturated heterocycles. The second-order valence-corrected chi connectivity index (χ2v) is 7.40. The van der Waals surface area contributed by atoms with Gasteiger partial charge in [0.1, 0.15) is 13.2 Å². The van der Waals surface area contributed by atoms with Crippen LogP contribution in [-0.2, 0) is 10.0 Å². The molecule has 1 aromatic carbocycles. The smallest absolute Gasteiger partial charge is 0.211 e. The fraction of sp³-hybridized carbons (Fsp3) is 0.571. The van der Waals surface area contributed by atoms with Crippen LogP contribution < -0.4 is 14.2 Å². The van der Waals surface area contributed by atoms with Crippen LogP contribution in [0.3, 0.4) is 0 Å². The first-order valence-corrected chi connectivity index (χ1v) is 9.20. The summed E-state index contributed by atoms with van der Waals surface area (Å²) in [5.74, 6) is 0.965. The van der Waals surface area contributed by atoms with Crippen molar-refractivity contribution in [3.8, 4) is 11.5 Å². The minimum Gasteiger partial charge on any atom is -0.486 e. The van der Waals surface area contributed by atoms with Crippen LogP contribution in [0.1, 0.15) is 31.4 Å². The number of aliphatic hydroxyl groups is 1. The molecule has 1 heterocycles. The van der Waals surface area contributed by atoms with Crippen molar-refractivity contribution in [2.24, 2.45) is 0 Å². The predicted octanol–water partition coefficient (Wildman–Crippen LogP) is 1.86. The molecule has 0 fully saturated rings. The van der Waals surface area contributed by atoms with E-state index in [4.69, 9.17) is 21.1 Å². The molecule has 0 saturated carbocycles. The Balaban J connectivity index is 2.04. The molecule has 1 atom stereocenters. The standard InChI is InChI=1S/C14H20ClNO5S/c1-2-3-6-22(18,19)16-9-12(17)10-7-11(15)14-13(8-10)20-4-5-21-14/h7-8,12,16-17H,2-6,9H2,1H3/t12-/m0/s1. The molecule has 124 valence electrons. The van der Waals surface area contributed by atoms with Gasteiger partial charge in [0.05, 0.1) is 16.9 Å². The summed E-state index contributed by atoms with van der Waals surface area (Å²) < 4.78 is 36.7. The molecule has 0 aromatic heterocycles. The third-order valence-corrected chi connectivity index (χ3v) is 4.98. The fourth-order valence-corrected chi connectivity index (χ4v) is 3.55. The zero-order valence-electron chi connectivity index (χ0n) is 12.3. The van der Waals surface area contributed by atoms with E-state index >= 15 is 0 Å². The van der Waals surface area contributed by atoms with E-state index in [1.54, 1.807) is 12.1 Å². The Bertz CT molecular complexity index is 620. The van der Waals surface area contributed by atoms with Gasteiger partial charge in [0.25, 0.3) is 0 Å². The normalized spacial score (nSPS) is 15.6. The number of fused-ring (bicyclic) bond motifs is 1. The first-order valence-electron chi connectivity index (χ1n) is 7.17. The Hall–Kier alpha value is -1.02. The van der Waals surface area contributed by atoms with Gasteiger partial charge >= 0.3 is 0 Å². The number of ether oxygens (including phenoxy) is 2. The Morgan fingerprint density at radius 2 is 2.09 bits per heavy atom. The largest absolute Gasteiger partial charge is 0.486 e. The van der Waals surface area contributed by atoms with Crippen LogP contribution in [0, 0.1) is 0 Å². The minimum absolute atomic E-state index is 0.0537. The number of rotatable bonds is 7. The van der Waals surface area contributed by atoms with E-state index < -0.39 is 16.1 Å². The van der Waals surface area contributed by atoms with Crippen LogP contribution in [0.25, 0.3) is 0 Å². The molecule has 0 spiro atoms. The van der Waals surface area contributed by atoms with Gasteiger partial charge in [-0.3, -0.25) is 0 Å². The number of hydrogen-bond donors (Lipinski definition) is 2. The number of nitrogens with one attached hydrogen (secondary N) is 1. The monoisotopic (exact) mass is 349 g/mol. The quantitative estimate of drug-likeness (QED) is 0.785. The highest BCUT2D eigenvalue weighted by Crippen LogP contribution is 2.39. The lowest BCUT2D eigenvalue weighted by Gasteiger charge is -2.21. The number of aliphatic hydroxyl groups excluding tert-OH is 1. The summed E-state index contributed by atoms with van der Waals surface area (Å²) in [5, 5.41) is 10.5. The third-order valence-electron chi connectivity index (χ3n) is 3.27. The lowest BCUT2D eigenvalue weighted by molar-refractivity contribution is 0.165. The van der Waals surface area contributed by atoms with E-state index in [0.717, 1.165) is 6.42 Å². The first-order chi connectivity index (χ1) is 10.4. The topological polar surface area (TPSA) is 84.9 Å². The molecule has 2 N–H and O–H groups in total. The molecule has 0 aliphatic carbocycles. The highest BCUT2D eigenvalue weighted by molar-refractivity contribution is 7.89. The molecule has 8 heteroatoms. The molecule has 1 aliphatic heterocycles. The van der Waals surface area contributed by atoms with Crippen molar-refractivity contribution in [2.45, 2.75) is 25.9 Å². The Morgan fingerprint density at radius 1 is 1.36 bits per heavy atom. The van der Waals surface area contributed by atoms with Crippen molar-refractivity contribution >= 4 is 21.6 Å².